The van der Waals surface area contributed by atoms with Gasteiger partial charge in [-0.15, -0.1) is 0 Å². The lowest BCUT2D eigenvalue weighted by molar-refractivity contribution is 0.591. The zero-order chi connectivity index (χ0) is 58.0. The largest absolute Gasteiger partial charge is 0.309 e. The molecule has 0 N–H and O–H groups in total. The van der Waals surface area contributed by atoms with Crippen LogP contribution in [0.2, 0.25) is 0 Å². The summed E-state index contributed by atoms with van der Waals surface area (Å²) in [4.78, 5) is 5.85. The molecule has 86 heavy (non-hydrogen) atoms. The Morgan fingerprint density at radius 1 is 0.291 bits per heavy atom. The first-order chi connectivity index (χ1) is 41.6. The summed E-state index contributed by atoms with van der Waals surface area (Å²) in [6.07, 6.45) is 2.22. The van der Waals surface area contributed by atoms with Crippen molar-refractivity contribution in [2.45, 2.75) is 78.6 Å². The minimum Gasteiger partial charge on any atom is -0.309 e. The van der Waals surface area contributed by atoms with Crippen LogP contribution < -0.4 is 0 Å². The van der Waals surface area contributed by atoms with Crippen molar-refractivity contribution in [1.82, 2.24) is 22.9 Å². The Hall–Kier alpha value is -9.97. The molecular weight excluding hydrogens is 1040 g/mol. The van der Waals surface area contributed by atoms with Crippen LogP contribution in [0.25, 0.3) is 164 Å². The second-order valence-corrected chi connectivity index (χ2v) is 27.6. The van der Waals surface area contributed by atoms with Crippen molar-refractivity contribution in [3.63, 3.8) is 0 Å². The van der Waals surface area contributed by atoms with Crippen LogP contribution in [0.4, 0.5) is 0 Å². The van der Waals surface area contributed by atoms with E-state index in [0.29, 0.717) is 0 Å². The molecular formula is C81H63N5. The van der Waals surface area contributed by atoms with Crippen LogP contribution in [0.15, 0.2) is 219 Å². The Morgan fingerprint density at radius 3 is 1.28 bits per heavy atom. The normalized spacial score (nSPS) is 13.2. The molecule has 0 saturated carbocycles. The van der Waals surface area contributed by atoms with Gasteiger partial charge in [0.05, 0.1) is 55.8 Å². The number of aromatic nitrogens is 5. The molecule has 0 radical (unpaired) electrons. The van der Waals surface area contributed by atoms with Gasteiger partial charge in [0.1, 0.15) is 5.65 Å². The van der Waals surface area contributed by atoms with Crippen molar-refractivity contribution >= 4 is 131 Å². The van der Waals surface area contributed by atoms with Gasteiger partial charge in [0.2, 0.25) is 0 Å². The number of fused-ring (bicyclic) bond motifs is 21. The zero-order valence-electron chi connectivity index (χ0n) is 50.0. The minimum atomic E-state index is -0.140. The summed E-state index contributed by atoms with van der Waals surface area (Å²) < 4.78 is 10.0. The molecule has 5 nitrogen and oxygen atoms in total. The van der Waals surface area contributed by atoms with Gasteiger partial charge in [0.15, 0.2) is 0 Å². The maximum Gasteiger partial charge on any atom is 0.146 e. The summed E-state index contributed by atoms with van der Waals surface area (Å²) in [5.41, 5.74) is 22.5. The molecule has 0 bridgehead atoms. The van der Waals surface area contributed by atoms with Gasteiger partial charge in [-0.2, -0.15) is 0 Å². The zero-order valence-corrected chi connectivity index (χ0v) is 50.0. The number of nitrogens with zero attached hydrogens (tertiary/aromatic N) is 5. The van der Waals surface area contributed by atoms with Crippen LogP contribution >= 0.6 is 0 Å². The standard InChI is InChI=1S/C81H63N5/c1-79(2,3)49-39-58(48-33-35-69-60(38-48)56-29-19-21-31-67(56)84(69)53-25-14-11-15-26-53)74-61(40-49)62-41-50(80(4,5)6)44-65-73-72-64-43-51(81(7,8)9)42-63-71-54-27-17-16-22-46(54)36-57(77(71)85(76(63)64)70(72)45-82-78(73)86(74)75(62)65)47-32-34-68-59(37-47)55-28-18-20-30-66(55)83(68)52-23-12-10-13-24-52/h10-45H,1-9H3. The topological polar surface area (TPSA) is 31.6 Å². The molecule has 0 atom stereocenters. The molecule has 11 aromatic carbocycles. The molecule has 0 amide bonds. The van der Waals surface area contributed by atoms with Crippen LogP contribution in [-0.2, 0) is 16.2 Å². The molecule has 18 aromatic rings. The van der Waals surface area contributed by atoms with Gasteiger partial charge in [-0.3, -0.25) is 4.40 Å². The number of hydrogen-bond acceptors (Lipinski definition) is 1. The molecule has 7 heterocycles. The number of benzene rings is 11. The van der Waals surface area contributed by atoms with Crippen LogP contribution in [0.5, 0.6) is 0 Å². The summed E-state index contributed by atoms with van der Waals surface area (Å²) in [6, 6.07) is 80.3. The third-order valence-electron chi connectivity index (χ3n) is 19.4. The van der Waals surface area contributed by atoms with Gasteiger partial charge >= 0.3 is 0 Å². The Balaban J connectivity index is 0.992. The molecule has 18 rings (SSSR count). The fraction of sp³-hybridized carbons (Fsp3) is 0.148. The number of rotatable bonds is 4. The van der Waals surface area contributed by atoms with Gasteiger partial charge in [0.25, 0.3) is 0 Å². The van der Waals surface area contributed by atoms with Crippen LogP contribution in [0, 0.1) is 0 Å². The molecule has 7 aromatic heterocycles. The second-order valence-electron chi connectivity index (χ2n) is 27.6. The summed E-state index contributed by atoms with van der Waals surface area (Å²) >= 11 is 0. The van der Waals surface area contributed by atoms with Crippen molar-refractivity contribution in [2.24, 2.45) is 0 Å². The molecule has 0 saturated heterocycles. The molecule has 5 heteroatoms. The van der Waals surface area contributed by atoms with E-state index in [1.165, 1.54) is 158 Å². The third-order valence-corrected chi connectivity index (χ3v) is 19.4. The lowest BCUT2D eigenvalue weighted by Crippen LogP contribution is -2.11. The van der Waals surface area contributed by atoms with E-state index in [-0.39, 0.29) is 16.2 Å². The summed E-state index contributed by atoms with van der Waals surface area (Å²) in [5, 5.41) is 17.6. The lowest BCUT2D eigenvalue weighted by atomic mass is 9.82. The second kappa shape index (κ2) is 16.9. The van der Waals surface area contributed by atoms with Crippen molar-refractivity contribution < 1.29 is 0 Å². The van der Waals surface area contributed by atoms with Crippen LogP contribution in [0.3, 0.4) is 0 Å². The number of pyridine rings is 1. The fourth-order valence-corrected chi connectivity index (χ4v) is 15.2. The van der Waals surface area contributed by atoms with Crippen molar-refractivity contribution in [1.29, 1.82) is 0 Å². The summed E-state index contributed by atoms with van der Waals surface area (Å²) in [5.74, 6) is 0. The van der Waals surface area contributed by atoms with E-state index in [0.717, 1.165) is 22.5 Å². The van der Waals surface area contributed by atoms with E-state index in [1.807, 2.05) is 0 Å². The van der Waals surface area contributed by atoms with Gasteiger partial charge in [-0.25, -0.2) is 4.98 Å². The van der Waals surface area contributed by atoms with E-state index in [4.69, 9.17) is 4.98 Å². The third kappa shape index (κ3) is 6.63. The molecule has 0 aliphatic rings. The Kier molecular flexibility index (Phi) is 9.71. The first-order valence-electron chi connectivity index (χ1n) is 30.5. The molecule has 0 aliphatic heterocycles. The predicted molar refractivity (Wildman–Crippen MR) is 367 cm³/mol. The fourth-order valence-electron chi connectivity index (χ4n) is 15.2. The Morgan fingerprint density at radius 2 is 0.721 bits per heavy atom. The van der Waals surface area contributed by atoms with E-state index >= 15 is 0 Å². The summed E-state index contributed by atoms with van der Waals surface area (Å²) in [6.45, 7) is 21.3. The van der Waals surface area contributed by atoms with Crippen LogP contribution in [0.1, 0.15) is 79.0 Å². The number of para-hydroxylation sites is 4. The van der Waals surface area contributed by atoms with Gasteiger partial charge in [-0.1, -0.05) is 172 Å². The highest BCUT2D eigenvalue weighted by molar-refractivity contribution is 6.38. The van der Waals surface area contributed by atoms with Gasteiger partial charge < -0.3 is 13.5 Å². The van der Waals surface area contributed by atoms with E-state index in [9.17, 15) is 0 Å². The van der Waals surface area contributed by atoms with Crippen molar-refractivity contribution in [3.8, 4) is 33.6 Å². The minimum absolute atomic E-state index is 0.118. The maximum absolute atomic E-state index is 5.85. The molecule has 0 unspecified atom stereocenters. The maximum atomic E-state index is 5.85. The Bertz CT molecular complexity index is 5920. The highest BCUT2D eigenvalue weighted by Gasteiger charge is 2.32. The van der Waals surface area contributed by atoms with Crippen molar-refractivity contribution in [2.75, 3.05) is 0 Å². The van der Waals surface area contributed by atoms with Crippen molar-refractivity contribution in [3.05, 3.63) is 235 Å². The summed E-state index contributed by atoms with van der Waals surface area (Å²) in [7, 11) is 0. The quantitative estimate of drug-likeness (QED) is 0.173. The average Bonchev–Trinajstić information content (AvgIpc) is 1.51. The van der Waals surface area contributed by atoms with Gasteiger partial charge in [0, 0.05) is 87.1 Å². The van der Waals surface area contributed by atoms with Crippen LogP contribution in [-0.4, -0.2) is 22.9 Å². The molecule has 412 valence electrons. The molecule has 0 fully saturated rings. The predicted octanol–water partition coefficient (Wildman–Crippen LogP) is 22.0. The average molecular weight is 1110 g/mol. The first-order valence-corrected chi connectivity index (χ1v) is 30.5. The number of hydrogen-bond donors (Lipinski definition) is 0. The van der Waals surface area contributed by atoms with E-state index in [2.05, 4.69) is 299 Å². The Labute approximate surface area is 498 Å². The lowest BCUT2D eigenvalue weighted by Gasteiger charge is -2.22. The van der Waals surface area contributed by atoms with E-state index < -0.39 is 0 Å². The monoisotopic (exact) mass is 1110 g/mol. The highest BCUT2D eigenvalue weighted by atomic mass is 15.0. The molecule has 0 spiro atoms. The molecule has 0 aliphatic carbocycles. The SMILES string of the molecule is CC(C)(C)c1cc(-c2ccc3c(c2)c2ccccc2n3-c2ccccc2)c2c(c1)c1cc(C(C)(C)C)cc3c4c5c6cc(C(C)(C)C)cc7c8c9ccccc9cc(-c9ccc%10c(c9)c9ccccc9n%10-c9ccccc9)c8n(c5cnc4n2c13)c67. The highest BCUT2D eigenvalue weighted by Crippen LogP contribution is 2.53. The van der Waals surface area contributed by atoms with E-state index in [1.54, 1.807) is 0 Å². The first kappa shape index (κ1) is 49.5. The smallest absolute Gasteiger partial charge is 0.146 e. The van der Waals surface area contributed by atoms with Gasteiger partial charge in [-0.05, 0) is 158 Å².